The van der Waals surface area contributed by atoms with Gasteiger partial charge in [-0.1, -0.05) is 0 Å². The Labute approximate surface area is 144 Å². The second-order valence-electron chi connectivity index (χ2n) is 6.92. The topological polar surface area (TPSA) is 80.4 Å². The van der Waals surface area contributed by atoms with Gasteiger partial charge in [-0.25, -0.2) is 0 Å². The number of aryl methyl sites for hydroxylation is 1. The molecule has 0 aromatic carbocycles. The maximum atomic E-state index is 13.0. The highest BCUT2D eigenvalue weighted by atomic mass is 16.2. The number of nitrogens with two attached hydrogens (primary N) is 1. The lowest BCUT2D eigenvalue weighted by Crippen LogP contribution is -2.46. The number of carbonyl (C=O) groups excluding carboxylic acids is 2. The van der Waals surface area contributed by atoms with E-state index in [4.69, 9.17) is 5.73 Å². The van der Waals surface area contributed by atoms with Crippen LogP contribution in [0.5, 0.6) is 0 Å². The SMILES string of the molecule is Cc1cc(C(=O)N2CCCC(C(=O)NCCN)C2)c(C)n1C(C)C. The zero-order valence-electron chi connectivity index (χ0n) is 15.3. The minimum absolute atomic E-state index is 0.00519. The van der Waals surface area contributed by atoms with Crippen molar-refractivity contribution in [1.82, 2.24) is 14.8 Å². The van der Waals surface area contributed by atoms with Gasteiger partial charge in [-0.2, -0.15) is 0 Å². The molecule has 1 aliphatic heterocycles. The molecule has 6 nitrogen and oxygen atoms in total. The molecule has 2 amide bonds. The predicted octanol–water partition coefficient (Wildman–Crippen LogP) is 1.61. The summed E-state index contributed by atoms with van der Waals surface area (Å²) in [6, 6.07) is 2.29. The number of hydrogen-bond acceptors (Lipinski definition) is 3. The summed E-state index contributed by atoms with van der Waals surface area (Å²) in [5.74, 6) is -0.0974. The van der Waals surface area contributed by atoms with Gasteiger partial charge in [0.2, 0.25) is 5.91 Å². The van der Waals surface area contributed by atoms with Crippen LogP contribution in [0.1, 0.15) is 54.5 Å². The summed E-state index contributed by atoms with van der Waals surface area (Å²) in [6.45, 7) is 10.4. The van der Waals surface area contributed by atoms with E-state index in [1.165, 1.54) is 0 Å². The standard InChI is InChI=1S/C18H30N4O2/c1-12(2)22-13(3)10-16(14(22)4)18(24)21-9-5-6-15(11-21)17(23)20-8-7-19/h10,12,15H,5-9,11,19H2,1-4H3,(H,20,23). The van der Waals surface area contributed by atoms with E-state index in [0.29, 0.717) is 32.2 Å². The molecule has 1 fully saturated rings. The third-order valence-corrected chi connectivity index (χ3v) is 4.75. The van der Waals surface area contributed by atoms with Crippen molar-refractivity contribution in [2.45, 2.75) is 46.6 Å². The number of hydrogen-bond donors (Lipinski definition) is 2. The first kappa shape index (κ1) is 18.5. The molecule has 2 heterocycles. The normalized spacial score (nSPS) is 18.1. The van der Waals surface area contributed by atoms with Gasteiger partial charge in [-0.05, 0) is 46.6 Å². The van der Waals surface area contributed by atoms with E-state index in [0.717, 1.165) is 29.8 Å². The Balaban J connectivity index is 2.12. The third kappa shape index (κ3) is 3.80. The van der Waals surface area contributed by atoms with E-state index >= 15 is 0 Å². The molecule has 2 rings (SSSR count). The van der Waals surface area contributed by atoms with Crippen LogP contribution < -0.4 is 11.1 Å². The van der Waals surface area contributed by atoms with Crippen molar-refractivity contribution in [1.29, 1.82) is 0 Å². The Morgan fingerprint density at radius 1 is 1.38 bits per heavy atom. The molecule has 1 unspecified atom stereocenters. The van der Waals surface area contributed by atoms with E-state index in [2.05, 4.69) is 23.7 Å². The Kier molecular flexibility index (Phi) is 6.04. The maximum absolute atomic E-state index is 13.0. The van der Waals surface area contributed by atoms with Crippen molar-refractivity contribution in [3.05, 3.63) is 23.0 Å². The van der Waals surface area contributed by atoms with Gasteiger partial charge in [0, 0.05) is 43.6 Å². The average Bonchev–Trinajstić information content (AvgIpc) is 2.86. The van der Waals surface area contributed by atoms with Crippen LogP contribution >= 0.6 is 0 Å². The van der Waals surface area contributed by atoms with Gasteiger partial charge in [0.1, 0.15) is 0 Å². The van der Waals surface area contributed by atoms with Crippen LogP contribution in [-0.2, 0) is 4.79 Å². The van der Waals surface area contributed by atoms with Gasteiger partial charge in [0.05, 0.1) is 11.5 Å². The summed E-state index contributed by atoms with van der Waals surface area (Å²) in [6.07, 6.45) is 1.68. The Morgan fingerprint density at radius 3 is 2.67 bits per heavy atom. The van der Waals surface area contributed by atoms with Gasteiger partial charge in [0.25, 0.3) is 5.91 Å². The van der Waals surface area contributed by atoms with Gasteiger partial charge < -0.3 is 20.5 Å². The largest absolute Gasteiger partial charge is 0.355 e. The van der Waals surface area contributed by atoms with Crippen LogP contribution in [0.15, 0.2) is 6.07 Å². The molecular formula is C18H30N4O2. The Morgan fingerprint density at radius 2 is 2.08 bits per heavy atom. The molecule has 1 aromatic heterocycles. The molecular weight excluding hydrogens is 304 g/mol. The second-order valence-corrected chi connectivity index (χ2v) is 6.92. The van der Waals surface area contributed by atoms with E-state index < -0.39 is 0 Å². The van der Waals surface area contributed by atoms with Crippen molar-refractivity contribution < 1.29 is 9.59 Å². The highest BCUT2D eigenvalue weighted by Crippen LogP contribution is 2.24. The number of rotatable bonds is 5. The van der Waals surface area contributed by atoms with Crippen LogP contribution in [-0.4, -0.2) is 47.5 Å². The molecule has 1 atom stereocenters. The first-order chi connectivity index (χ1) is 11.4. The molecule has 1 saturated heterocycles. The molecule has 0 radical (unpaired) electrons. The molecule has 6 heteroatoms. The van der Waals surface area contributed by atoms with E-state index in [-0.39, 0.29) is 17.7 Å². The number of aromatic nitrogens is 1. The van der Waals surface area contributed by atoms with Crippen LogP contribution in [0.25, 0.3) is 0 Å². The highest BCUT2D eigenvalue weighted by molar-refractivity contribution is 5.96. The van der Waals surface area contributed by atoms with Gasteiger partial charge >= 0.3 is 0 Å². The van der Waals surface area contributed by atoms with E-state index in [1.807, 2.05) is 24.8 Å². The fraction of sp³-hybridized carbons (Fsp3) is 0.667. The third-order valence-electron chi connectivity index (χ3n) is 4.75. The Bertz CT molecular complexity index is 606. The summed E-state index contributed by atoms with van der Waals surface area (Å²) in [7, 11) is 0. The molecule has 24 heavy (non-hydrogen) atoms. The minimum Gasteiger partial charge on any atom is -0.355 e. The van der Waals surface area contributed by atoms with E-state index in [1.54, 1.807) is 0 Å². The van der Waals surface area contributed by atoms with Crippen molar-refractivity contribution in [2.24, 2.45) is 11.7 Å². The summed E-state index contributed by atoms with van der Waals surface area (Å²) >= 11 is 0. The molecule has 134 valence electrons. The van der Waals surface area contributed by atoms with Gasteiger partial charge in [-0.3, -0.25) is 9.59 Å². The molecule has 1 aromatic rings. The fourth-order valence-corrected chi connectivity index (χ4v) is 3.67. The lowest BCUT2D eigenvalue weighted by molar-refractivity contribution is -0.126. The number of piperidine rings is 1. The minimum atomic E-state index is -0.136. The predicted molar refractivity (Wildman–Crippen MR) is 95.0 cm³/mol. The molecule has 1 aliphatic rings. The smallest absolute Gasteiger partial charge is 0.255 e. The molecule has 0 bridgehead atoms. The maximum Gasteiger partial charge on any atom is 0.255 e. The molecule has 0 spiro atoms. The lowest BCUT2D eigenvalue weighted by atomic mass is 9.96. The molecule has 3 N–H and O–H groups in total. The number of nitrogens with zero attached hydrogens (tertiary/aromatic N) is 2. The average molecular weight is 334 g/mol. The number of carbonyl (C=O) groups is 2. The van der Waals surface area contributed by atoms with E-state index in [9.17, 15) is 9.59 Å². The van der Waals surface area contributed by atoms with Crippen molar-refractivity contribution >= 4 is 11.8 Å². The van der Waals surface area contributed by atoms with Crippen LogP contribution in [0.3, 0.4) is 0 Å². The molecule has 0 aliphatic carbocycles. The van der Waals surface area contributed by atoms with Crippen molar-refractivity contribution in [2.75, 3.05) is 26.2 Å². The highest BCUT2D eigenvalue weighted by Gasteiger charge is 2.30. The van der Waals surface area contributed by atoms with Crippen LogP contribution in [0, 0.1) is 19.8 Å². The van der Waals surface area contributed by atoms with Crippen molar-refractivity contribution in [3.8, 4) is 0 Å². The van der Waals surface area contributed by atoms with Crippen molar-refractivity contribution in [3.63, 3.8) is 0 Å². The zero-order valence-corrected chi connectivity index (χ0v) is 15.3. The monoisotopic (exact) mass is 334 g/mol. The first-order valence-corrected chi connectivity index (χ1v) is 8.82. The van der Waals surface area contributed by atoms with Crippen LogP contribution in [0.2, 0.25) is 0 Å². The number of amides is 2. The van der Waals surface area contributed by atoms with Gasteiger partial charge in [0.15, 0.2) is 0 Å². The summed E-state index contributed by atoms with van der Waals surface area (Å²) in [5, 5.41) is 2.83. The zero-order chi connectivity index (χ0) is 17.9. The summed E-state index contributed by atoms with van der Waals surface area (Å²) in [4.78, 5) is 26.9. The summed E-state index contributed by atoms with van der Waals surface area (Å²) in [5.41, 5.74) is 8.29. The number of likely N-dealkylation sites (tertiary alicyclic amines) is 1. The Hall–Kier alpha value is -1.82. The quantitative estimate of drug-likeness (QED) is 0.858. The van der Waals surface area contributed by atoms with Crippen LogP contribution in [0.4, 0.5) is 0 Å². The van der Waals surface area contributed by atoms with Gasteiger partial charge in [-0.15, -0.1) is 0 Å². The fourth-order valence-electron chi connectivity index (χ4n) is 3.67. The second kappa shape index (κ2) is 7.83. The molecule has 0 saturated carbocycles. The first-order valence-electron chi connectivity index (χ1n) is 8.82. The number of nitrogens with one attached hydrogen (secondary N) is 1. The summed E-state index contributed by atoms with van der Waals surface area (Å²) < 4.78 is 2.18. The lowest BCUT2D eigenvalue weighted by Gasteiger charge is -2.32.